The maximum absolute atomic E-state index is 12.1. The first-order chi connectivity index (χ1) is 9.61. The van der Waals surface area contributed by atoms with Gasteiger partial charge in [-0.05, 0) is 24.8 Å². The third-order valence-electron chi connectivity index (χ3n) is 3.41. The van der Waals surface area contributed by atoms with E-state index in [0.29, 0.717) is 13.1 Å². The monoisotopic (exact) mass is 279 g/mol. The summed E-state index contributed by atoms with van der Waals surface area (Å²) in [6.45, 7) is 1.13. The minimum absolute atomic E-state index is 0.0509. The van der Waals surface area contributed by atoms with Gasteiger partial charge in [-0.3, -0.25) is 10.1 Å². The molecule has 7 nitrogen and oxygen atoms in total. The van der Waals surface area contributed by atoms with Crippen LogP contribution >= 0.6 is 0 Å². The minimum atomic E-state index is -0.525. The van der Waals surface area contributed by atoms with Gasteiger partial charge in [-0.25, -0.2) is 4.79 Å². The van der Waals surface area contributed by atoms with Crippen LogP contribution < -0.4 is 5.32 Å². The molecule has 2 amide bonds. The van der Waals surface area contributed by atoms with Crippen molar-refractivity contribution in [3.05, 3.63) is 34.4 Å². The predicted molar refractivity (Wildman–Crippen MR) is 73.5 cm³/mol. The van der Waals surface area contributed by atoms with Gasteiger partial charge in [-0.1, -0.05) is 12.1 Å². The standard InChI is InChI=1S/C13H17N3O4/c17-9-10-4-3-7-15(8-10)13(18)14-11-5-1-2-6-12(11)16(19)20/h1-2,5-6,10,17H,3-4,7-9H2,(H,14,18). The number of amides is 2. The number of nitro benzene ring substituents is 1. The van der Waals surface area contributed by atoms with Crippen molar-refractivity contribution in [2.75, 3.05) is 25.0 Å². The topological polar surface area (TPSA) is 95.7 Å². The molecule has 7 heteroatoms. The number of aliphatic hydroxyl groups excluding tert-OH is 1. The van der Waals surface area contributed by atoms with Gasteiger partial charge in [-0.2, -0.15) is 0 Å². The minimum Gasteiger partial charge on any atom is -0.396 e. The number of carbonyl (C=O) groups excluding carboxylic acids is 1. The number of carbonyl (C=O) groups is 1. The van der Waals surface area contributed by atoms with E-state index in [0.717, 1.165) is 12.8 Å². The van der Waals surface area contributed by atoms with E-state index < -0.39 is 4.92 Å². The van der Waals surface area contributed by atoms with Gasteiger partial charge in [0, 0.05) is 25.8 Å². The van der Waals surface area contributed by atoms with Crippen LogP contribution in [0.1, 0.15) is 12.8 Å². The summed E-state index contributed by atoms with van der Waals surface area (Å²) in [5.74, 6) is 0.0836. The molecular formula is C13H17N3O4. The van der Waals surface area contributed by atoms with Crippen molar-refractivity contribution in [3.8, 4) is 0 Å². The van der Waals surface area contributed by atoms with Gasteiger partial charge in [0.15, 0.2) is 0 Å². The summed E-state index contributed by atoms with van der Waals surface area (Å²) in [6.07, 6.45) is 1.72. The van der Waals surface area contributed by atoms with E-state index in [4.69, 9.17) is 5.11 Å². The molecule has 108 valence electrons. The molecule has 1 fully saturated rings. The number of para-hydroxylation sites is 2. The largest absolute Gasteiger partial charge is 0.396 e. The number of anilines is 1. The highest BCUT2D eigenvalue weighted by Crippen LogP contribution is 2.24. The second-order valence-electron chi connectivity index (χ2n) is 4.84. The fraction of sp³-hybridized carbons (Fsp3) is 0.462. The average molecular weight is 279 g/mol. The van der Waals surface area contributed by atoms with Crippen molar-refractivity contribution in [2.24, 2.45) is 5.92 Å². The normalized spacial score (nSPS) is 18.6. The fourth-order valence-electron chi connectivity index (χ4n) is 2.33. The van der Waals surface area contributed by atoms with Gasteiger partial charge in [0.25, 0.3) is 5.69 Å². The molecule has 2 N–H and O–H groups in total. The smallest absolute Gasteiger partial charge is 0.322 e. The highest BCUT2D eigenvalue weighted by atomic mass is 16.6. The Kier molecular flexibility index (Phi) is 4.52. The lowest BCUT2D eigenvalue weighted by molar-refractivity contribution is -0.383. The third-order valence-corrected chi connectivity index (χ3v) is 3.41. The molecule has 2 rings (SSSR count). The van der Waals surface area contributed by atoms with Crippen LogP contribution in [0.15, 0.2) is 24.3 Å². The molecule has 0 spiro atoms. The molecule has 1 heterocycles. The molecule has 20 heavy (non-hydrogen) atoms. The third kappa shape index (κ3) is 3.24. The molecule has 0 radical (unpaired) electrons. The van der Waals surface area contributed by atoms with Gasteiger partial charge in [0.1, 0.15) is 5.69 Å². The van der Waals surface area contributed by atoms with E-state index in [-0.39, 0.29) is 29.9 Å². The van der Waals surface area contributed by atoms with Crippen LogP contribution in [-0.4, -0.2) is 40.7 Å². The molecule has 1 atom stereocenters. The van der Waals surface area contributed by atoms with E-state index in [9.17, 15) is 14.9 Å². The van der Waals surface area contributed by atoms with Crippen molar-refractivity contribution in [1.29, 1.82) is 0 Å². The zero-order chi connectivity index (χ0) is 14.5. The number of nitrogens with one attached hydrogen (secondary N) is 1. The summed E-state index contributed by atoms with van der Waals surface area (Å²) in [5, 5.41) is 22.6. The Morgan fingerprint density at radius 1 is 1.50 bits per heavy atom. The number of hydrogen-bond donors (Lipinski definition) is 2. The number of aliphatic hydroxyl groups is 1. The van der Waals surface area contributed by atoms with Crippen LogP contribution in [0.4, 0.5) is 16.2 Å². The summed E-state index contributed by atoms with van der Waals surface area (Å²) in [7, 11) is 0. The number of rotatable bonds is 3. The molecule has 0 saturated carbocycles. The van der Waals surface area contributed by atoms with Crippen LogP contribution in [0.2, 0.25) is 0 Å². The van der Waals surface area contributed by atoms with E-state index in [1.807, 2.05) is 0 Å². The van der Waals surface area contributed by atoms with Gasteiger partial charge >= 0.3 is 6.03 Å². The molecule has 1 aromatic carbocycles. The van der Waals surface area contributed by atoms with Gasteiger partial charge in [0.05, 0.1) is 4.92 Å². The Morgan fingerprint density at radius 2 is 2.25 bits per heavy atom. The quantitative estimate of drug-likeness (QED) is 0.651. The van der Waals surface area contributed by atoms with Gasteiger partial charge in [0.2, 0.25) is 0 Å². The molecule has 0 aromatic heterocycles. The van der Waals surface area contributed by atoms with Crippen LogP contribution in [0.3, 0.4) is 0 Å². The summed E-state index contributed by atoms with van der Waals surface area (Å²) in [4.78, 5) is 24.1. The van der Waals surface area contributed by atoms with Crippen LogP contribution in [0, 0.1) is 16.0 Å². The van der Waals surface area contributed by atoms with Crippen molar-refractivity contribution < 1.29 is 14.8 Å². The lowest BCUT2D eigenvalue weighted by Crippen LogP contribution is -2.43. The van der Waals surface area contributed by atoms with E-state index in [2.05, 4.69) is 5.32 Å². The highest BCUT2D eigenvalue weighted by Gasteiger charge is 2.24. The molecule has 1 aromatic rings. The number of nitrogens with zero attached hydrogens (tertiary/aromatic N) is 2. The molecule has 1 aliphatic heterocycles. The second-order valence-corrected chi connectivity index (χ2v) is 4.84. The zero-order valence-electron chi connectivity index (χ0n) is 11.0. The SMILES string of the molecule is O=C(Nc1ccccc1[N+](=O)[O-])N1CCCC(CO)C1. The molecule has 1 aliphatic rings. The number of piperidine rings is 1. The molecule has 0 bridgehead atoms. The van der Waals surface area contributed by atoms with Gasteiger partial charge in [-0.15, -0.1) is 0 Å². The Hall–Kier alpha value is -2.15. The average Bonchev–Trinajstić information content (AvgIpc) is 2.47. The second kappa shape index (κ2) is 6.33. The number of hydrogen-bond acceptors (Lipinski definition) is 4. The first-order valence-electron chi connectivity index (χ1n) is 6.52. The van der Waals surface area contributed by atoms with Crippen LogP contribution in [0.5, 0.6) is 0 Å². The van der Waals surface area contributed by atoms with Crippen molar-refractivity contribution in [1.82, 2.24) is 4.90 Å². The Morgan fingerprint density at radius 3 is 2.95 bits per heavy atom. The van der Waals surface area contributed by atoms with Crippen LogP contribution in [-0.2, 0) is 0 Å². The van der Waals surface area contributed by atoms with Gasteiger partial charge < -0.3 is 15.3 Å². The van der Waals surface area contributed by atoms with E-state index >= 15 is 0 Å². The first kappa shape index (κ1) is 14.3. The Labute approximate surface area is 116 Å². The first-order valence-corrected chi connectivity index (χ1v) is 6.52. The zero-order valence-corrected chi connectivity index (χ0v) is 11.0. The summed E-state index contributed by atoms with van der Waals surface area (Å²) >= 11 is 0. The number of likely N-dealkylation sites (tertiary alicyclic amines) is 1. The number of urea groups is 1. The lowest BCUT2D eigenvalue weighted by atomic mass is 9.99. The summed E-state index contributed by atoms with van der Waals surface area (Å²) in [6, 6.07) is 5.68. The maximum Gasteiger partial charge on any atom is 0.322 e. The summed E-state index contributed by atoms with van der Waals surface area (Å²) < 4.78 is 0. The summed E-state index contributed by atoms with van der Waals surface area (Å²) in [5.41, 5.74) is 0.0604. The predicted octanol–water partition coefficient (Wildman–Crippen LogP) is 1.83. The van der Waals surface area contributed by atoms with Crippen molar-refractivity contribution >= 4 is 17.4 Å². The lowest BCUT2D eigenvalue weighted by Gasteiger charge is -2.31. The van der Waals surface area contributed by atoms with Crippen molar-refractivity contribution in [2.45, 2.75) is 12.8 Å². The van der Waals surface area contributed by atoms with Crippen molar-refractivity contribution in [3.63, 3.8) is 0 Å². The number of nitro groups is 1. The highest BCUT2D eigenvalue weighted by molar-refractivity contribution is 5.91. The fourth-order valence-corrected chi connectivity index (χ4v) is 2.33. The van der Waals surface area contributed by atoms with Crippen LogP contribution in [0.25, 0.3) is 0 Å². The molecule has 1 saturated heterocycles. The van der Waals surface area contributed by atoms with E-state index in [1.165, 1.54) is 12.1 Å². The Balaban J connectivity index is 2.06. The maximum atomic E-state index is 12.1. The van der Waals surface area contributed by atoms with E-state index in [1.54, 1.807) is 17.0 Å². The molecule has 0 aliphatic carbocycles. The Bertz CT molecular complexity index is 506. The molecular weight excluding hydrogens is 262 g/mol. The molecule has 1 unspecified atom stereocenters. The number of benzene rings is 1.